The number of ether oxygens (including phenoxy) is 3. The van der Waals surface area contributed by atoms with Gasteiger partial charge in [-0.1, -0.05) is 0 Å². The van der Waals surface area contributed by atoms with E-state index in [0.29, 0.717) is 31.7 Å². The highest BCUT2D eigenvalue weighted by Gasteiger charge is 2.33. The second kappa shape index (κ2) is 11.3. The quantitative estimate of drug-likeness (QED) is 0.544. The molecule has 0 radical (unpaired) electrons. The number of esters is 2. The minimum absolute atomic E-state index is 0.00191. The molecule has 1 heterocycles. The lowest BCUT2D eigenvalue weighted by atomic mass is 9.98. The van der Waals surface area contributed by atoms with Crippen molar-refractivity contribution in [1.29, 1.82) is 0 Å². The van der Waals surface area contributed by atoms with E-state index in [-0.39, 0.29) is 28.3 Å². The van der Waals surface area contributed by atoms with Crippen molar-refractivity contribution in [2.75, 3.05) is 39.2 Å². The van der Waals surface area contributed by atoms with Gasteiger partial charge in [0.15, 0.2) is 0 Å². The first-order valence-corrected chi connectivity index (χ1v) is 12.5. The molecule has 0 spiro atoms. The normalized spacial score (nSPS) is 16.3. The number of methoxy groups -OCH3 is 2. The number of anilines is 1. The number of carbonyl (C=O) groups is 3. The maximum Gasteiger partial charge on any atom is 0.337 e. The van der Waals surface area contributed by atoms with Gasteiger partial charge in [0.05, 0.1) is 42.8 Å². The Balaban J connectivity index is 1.77. The molecule has 1 atom stereocenters. The highest BCUT2D eigenvalue weighted by molar-refractivity contribution is 7.89. The molecule has 0 bridgehead atoms. The average Bonchev–Trinajstić information content (AvgIpc) is 2.88. The molecule has 10 nitrogen and oxygen atoms in total. The molecule has 1 aliphatic heterocycles. The van der Waals surface area contributed by atoms with Crippen LogP contribution in [0.15, 0.2) is 47.4 Å². The summed E-state index contributed by atoms with van der Waals surface area (Å²) in [6, 6.07) is 10.2. The van der Waals surface area contributed by atoms with Crippen LogP contribution in [0.2, 0.25) is 0 Å². The van der Waals surface area contributed by atoms with Crippen LogP contribution in [0.1, 0.15) is 40.5 Å². The minimum atomic E-state index is -3.80. The fourth-order valence-corrected chi connectivity index (χ4v) is 5.34. The summed E-state index contributed by atoms with van der Waals surface area (Å²) in [5.41, 5.74) is 0.327. The number of piperidine rings is 1. The fraction of sp³-hybridized carbons (Fsp3) is 0.375. The maximum absolute atomic E-state index is 13.1. The molecule has 1 fully saturated rings. The first-order valence-electron chi connectivity index (χ1n) is 11.0. The van der Waals surface area contributed by atoms with Gasteiger partial charge in [-0.25, -0.2) is 18.0 Å². The van der Waals surface area contributed by atoms with Crippen molar-refractivity contribution >= 4 is 33.6 Å². The molecule has 3 rings (SSSR count). The van der Waals surface area contributed by atoms with Crippen molar-refractivity contribution in [1.82, 2.24) is 4.31 Å². The molecule has 0 saturated carbocycles. The Morgan fingerprint density at radius 3 is 2.14 bits per heavy atom. The summed E-state index contributed by atoms with van der Waals surface area (Å²) in [5, 5.41) is 2.69. The molecule has 0 aromatic heterocycles. The number of nitrogens with one attached hydrogen (secondary N) is 1. The van der Waals surface area contributed by atoms with Crippen LogP contribution in [0, 0.1) is 5.92 Å². The molecular formula is C24H28N2O8S. The van der Waals surface area contributed by atoms with Crippen LogP contribution in [0.3, 0.4) is 0 Å². The van der Waals surface area contributed by atoms with Crippen LogP contribution in [-0.4, -0.2) is 64.5 Å². The van der Waals surface area contributed by atoms with Gasteiger partial charge in [0.2, 0.25) is 15.9 Å². The molecule has 35 heavy (non-hydrogen) atoms. The predicted molar refractivity (Wildman–Crippen MR) is 127 cm³/mol. The predicted octanol–water partition coefficient (Wildman–Crippen LogP) is 2.70. The van der Waals surface area contributed by atoms with Crippen LogP contribution < -0.4 is 10.1 Å². The van der Waals surface area contributed by atoms with Gasteiger partial charge in [-0.3, -0.25) is 4.79 Å². The average molecular weight is 505 g/mol. The van der Waals surface area contributed by atoms with Crippen LogP contribution in [0.25, 0.3) is 0 Å². The second-order valence-electron chi connectivity index (χ2n) is 7.88. The number of rotatable bonds is 8. The van der Waals surface area contributed by atoms with Crippen LogP contribution >= 0.6 is 0 Å². The van der Waals surface area contributed by atoms with Gasteiger partial charge in [-0.15, -0.1) is 0 Å². The number of hydrogen-bond acceptors (Lipinski definition) is 8. The second-order valence-corrected chi connectivity index (χ2v) is 9.82. The van der Waals surface area contributed by atoms with Gasteiger partial charge in [0.25, 0.3) is 0 Å². The number of sulfonamides is 1. The zero-order valence-electron chi connectivity index (χ0n) is 19.8. The number of carbonyl (C=O) groups excluding carboxylic acids is 3. The third kappa shape index (κ3) is 6.17. The molecule has 1 saturated heterocycles. The standard InChI is InChI=1S/C24H28N2O8S/c1-4-34-20-7-9-21(10-8-20)35(30,31)26-11-5-6-16(15-26)22(27)25-19-13-17(23(28)32-2)12-18(14-19)24(29)33-3/h7-10,12-14,16H,4-6,11,15H2,1-3H3,(H,25,27)/t16-/m1/s1. The Kier molecular flexibility index (Phi) is 8.47. The Bertz CT molecular complexity index is 1160. The van der Waals surface area contributed by atoms with Gasteiger partial charge in [-0.05, 0) is 62.2 Å². The first-order chi connectivity index (χ1) is 16.7. The molecule has 0 aliphatic carbocycles. The Labute approximate surface area is 204 Å². The number of nitrogens with zero attached hydrogens (tertiary/aromatic N) is 1. The first kappa shape index (κ1) is 26.2. The fourth-order valence-electron chi connectivity index (χ4n) is 3.81. The van der Waals surface area contributed by atoms with E-state index in [1.165, 1.54) is 48.9 Å². The van der Waals surface area contributed by atoms with Gasteiger partial charge >= 0.3 is 11.9 Å². The summed E-state index contributed by atoms with van der Waals surface area (Å²) in [6.07, 6.45) is 0.992. The molecule has 2 aromatic carbocycles. The van der Waals surface area contributed by atoms with Gasteiger partial charge in [0, 0.05) is 18.8 Å². The van der Waals surface area contributed by atoms with Crippen molar-refractivity contribution in [3.8, 4) is 5.75 Å². The maximum atomic E-state index is 13.1. The van der Waals surface area contributed by atoms with Crippen molar-refractivity contribution < 1.29 is 37.0 Å². The molecule has 1 N–H and O–H groups in total. The van der Waals surface area contributed by atoms with Crippen LogP contribution in [0.5, 0.6) is 5.75 Å². The number of hydrogen-bond donors (Lipinski definition) is 1. The SMILES string of the molecule is CCOc1ccc(S(=O)(=O)N2CCC[C@@H](C(=O)Nc3cc(C(=O)OC)cc(C(=O)OC)c3)C2)cc1. The largest absolute Gasteiger partial charge is 0.494 e. The summed E-state index contributed by atoms with van der Waals surface area (Å²) in [7, 11) is -1.40. The van der Waals surface area contributed by atoms with Crippen molar-refractivity contribution in [3.05, 3.63) is 53.6 Å². The smallest absolute Gasteiger partial charge is 0.337 e. The van der Waals surface area contributed by atoms with E-state index in [4.69, 9.17) is 14.2 Å². The minimum Gasteiger partial charge on any atom is -0.494 e. The molecule has 1 amide bonds. The Morgan fingerprint density at radius 1 is 1.00 bits per heavy atom. The molecule has 0 unspecified atom stereocenters. The zero-order chi connectivity index (χ0) is 25.6. The topological polar surface area (TPSA) is 128 Å². The van der Waals surface area contributed by atoms with E-state index in [1.54, 1.807) is 12.1 Å². The lowest BCUT2D eigenvalue weighted by Gasteiger charge is -2.31. The highest BCUT2D eigenvalue weighted by Crippen LogP contribution is 2.26. The van der Waals surface area contributed by atoms with E-state index >= 15 is 0 Å². The molecule has 2 aromatic rings. The summed E-state index contributed by atoms with van der Waals surface area (Å²) < 4.78 is 42.4. The van der Waals surface area contributed by atoms with Crippen molar-refractivity contribution in [2.45, 2.75) is 24.7 Å². The lowest BCUT2D eigenvalue weighted by molar-refractivity contribution is -0.120. The number of benzene rings is 2. The van der Waals surface area contributed by atoms with E-state index in [2.05, 4.69) is 5.32 Å². The van der Waals surface area contributed by atoms with Crippen molar-refractivity contribution in [3.63, 3.8) is 0 Å². The van der Waals surface area contributed by atoms with Gasteiger partial charge in [0.1, 0.15) is 5.75 Å². The summed E-state index contributed by atoms with van der Waals surface area (Å²) in [5.74, 6) is -1.84. The van der Waals surface area contributed by atoms with E-state index in [1.807, 2.05) is 6.92 Å². The van der Waals surface area contributed by atoms with E-state index in [9.17, 15) is 22.8 Å². The monoisotopic (exact) mass is 504 g/mol. The third-order valence-electron chi connectivity index (χ3n) is 5.57. The summed E-state index contributed by atoms with van der Waals surface area (Å²) in [4.78, 5) is 37.1. The molecule has 11 heteroatoms. The third-order valence-corrected chi connectivity index (χ3v) is 7.45. The van der Waals surface area contributed by atoms with Crippen LogP contribution in [0.4, 0.5) is 5.69 Å². The van der Waals surface area contributed by atoms with Crippen molar-refractivity contribution in [2.24, 2.45) is 5.92 Å². The van der Waals surface area contributed by atoms with Crippen LogP contribution in [-0.2, 0) is 24.3 Å². The lowest BCUT2D eigenvalue weighted by Crippen LogP contribution is -2.43. The zero-order valence-corrected chi connectivity index (χ0v) is 20.6. The van der Waals surface area contributed by atoms with Gasteiger partial charge < -0.3 is 19.5 Å². The summed E-state index contributed by atoms with van der Waals surface area (Å²) in [6.45, 7) is 2.61. The Morgan fingerprint density at radius 2 is 1.60 bits per heavy atom. The molecule has 188 valence electrons. The molecular weight excluding hydrogens is 476 g/mol. The molecule has 1 aliphatic rings. The number of amides is 1. The van der Waals surface area contributed by atoms with Gasteiger partial charge in [-0.2, -0.15) is 4.31 Å². The highest BCUT2D eigenvalue weighted by atomic mass is 32.2. The Hall–Kier alpha value is -3.44. The van der Waals surface area contributed by atoms with E-state index < -0.39 is 33.8 Å². The summed E-state index contributed by atoms with van der Waals surface area (Å²) >= 11 is 0. The van der Waals surface area contributed by atoms with E-state index in [0.717, 1.165) is 0 Å².